The van der Waals surface area contributed by atoms with Gasteiger partial charge in [0.25, 0.3) is 0 Å². The molecule has 3 rings (SSSR count). The maximum absolute atomic E-state index is 13.6. The van der Waals surface area contributed by atoms with E-state index < -0.39 is 24.1 Å². The van der Waals surface area contributed by atoms with E-state index in [1.165, 1.54) is 36.4 Å². The Bertz CT molecular complexity index is 936. The average molecular weight is 431 g/mol. The van der Waals surface area contributed by atoms with Crippen LogP contribution in [0.25, 0.3) is 0 Å². The van der Waals surface area contributed by atoms with Crippen LogP contribution in [0.5, 0.6) is 11.5 Å². The van der Waals surface area contributed by atoms with E-state index in [1.807, 2.05) is 0 Å². The quantitative estimate of drug-likeness (QED) is 0.705. The van der Waals surface area contributed by atoms with Crippen LogP contribution in [0.15, 0.2) is 42.5 Å². The normalized spacial score (nSPS) is 17.6. The predicted octanol–water partition coefficient (Wildman–Crippen LogP) is 4.33. The molecule has 2 amide bonds. The summed E-state index contributed by atoms with van der Waals surface area (Å²) in [5.74, 6) is -4.49. The molecular weight excluding hydrogens is 417 g/mol. The van der Waals surface area contributed by atoms with E-state index in [0.29, 0.717) is 0 Å². The van der Waals surface area contributed by atoms with Crippen LogP contribution in [-0.4, -0.2) is 30.7 Å². The van der Waals surface area contributed by atoms with Gasteiger partial charge in [-0.05, 0) is 43.3 Å². The first kappa shape index (κ1) is 20.6. The Morgan fingerprint density at radius 3 is 2.38 bits per heavy atom. The van der Waals surface area contributed by atoms with Crippen LogP contribution in [0, 0.1) is 0 Å². The van der Waals surface area contributed by atoms with Gasteiger partial charge in [0.2, 0.25) is 0 Å². The van der Waals surface area contributed by atoms with Crippen molar-refractivity contribution in [3.63, 3.8) is 0 Å². The SMILES string of the molecule is CCOC(=O)c1ccc(NC(=O)N[C@]2(C(F)(F)F)Oc3ccc(Cl)cc3O2)cc1. The van der Waals surface area contributed by atoms with Gasteiger partial charge in [-0.3, -0.25) is 5.32 Å². The fourth-order valence-electron chi connectivity index (χ4n) is 2.43. The molecule has 0 radical (unpaired) electrons. The number of amides is 2. The lowest BCUT2D eigenvalue weighted by molar-refractivity contribution is -0.317. The Labute approximate surface area is 167 Å². The highest BCUT2D eigenvalue weighted by atomic mass is 35.5. The number of alkyl halides is 3. The van der Waals surface area contributed by atoms with E-state index in [1.54, 1.807) is 12.2 Å². The summed E-state index contributed by atoms with van der Waals surface area (Å²) < 4.78 is 55.4. The van der Waals surface area contributed by atoms with Crippen molar-refractivity contribution in [3.05, 3.63) is 53.1 Å². The predicted molar refractivity (Wildman–Crippen MR) is 96.0 cm³/mol. The number of fused-ring (bicyclic) bond motifs is 1. The summed E-state index contributed by atoms with van der Waals surface area (Å²) in [4.78, 5) is 23.8. The second kappa shape index (κ2) is 7.70. The molecule has 2 aromatic carbocycles. The first-order valence-electron chi connectivity index (χ1n) is 8.24. The van der Waals surface area contributed by atoms with Crippen molar-refractivity contribution in [2.75, 3.05) is 11.9 Å². The Hall–Kier alpha value is -3.14. The molecular formula is C18H14ClF3N2O5. The number of esters is 1. The van der Waals surface area contributed by atoms with Gasteiger partial charge >= 0.3 is 24.1 Å². The molecule has 2 N–H and O–H groups in total. The zero-order valence-electron chi connectivity index (χ0n) is 14.8. The monoisotopic (exact) mass is 430 g/mol. The van der Waals surface area contributed by atoms with E-state index in [4.69, 9.17) is 25.8 Å². The number of urea groups is 1. The fraction of sp³-hybridized carbons (Fsp3) is 0.222. The minimum absolute atomic E-state index is 0.131. The van der Waals surface area contributed by atoms with E-state index in [-0.39, 0.29) is 34.4 Å². The molecule has 1 aliphatic heterocycles. The molecule has 0 fully saturated rings. The van der Waals surface area contributed by atoms with Gasteiger partial charge in [-0.25, -0.2) is 9.59 Å². The van der Waals surface area contributed by atoms with Gasteiger partial charge in [0.15, 0.2) is 11.5 Å². The van der Waals surface area contributed by atoms with Gasteiger partial charge in [-0.2, -0.15) is 13.2 Å². The number of rotatable bonds is 4. The van der Waals surface area contributed by atoms with Crippen LogP contribution in [0.3, 0.4) is 0 Å². The summed E-state index contributed by atoms with van der Waals surface area (Å²) in [5.41, 5.74) is 0.353. The average Bonchev–Trinajstić information content (AvgIpc) is 3.00. The summed E-state index contributed by atoms with van der Waals surface area (Å²) in [6.07, 6.45) is -5.11. The molecule has 154 valence electrons. The van der Waals surface area contributed by atoms with Crippen molar-refractivity contribution >= 4 is 29.3 Å². The number of anilines is 1. The van der Waals surface area contributed by atoms with E-state index in [2.05, 4.69) is 5.32 Å². The van der Waals surface area contributed by atoms with Gasteiger partial charge in [-0.15, -0.1) is 0 Å². The highest BCUT2D eigenvalue weighted by Crippen LogP contribution is 2.46. The number of halogens is 4. The second-order valence-electron chi connectivity index (χ2n) is 5.79. The Kier molecular flexibility index (Phi) is 5.47. The minimum atomic E-state index is -5.11. The smallest absolute Gasteiger partial charge is 0.462 e. The standard InChI is InChI=1S/C18H14ClF3N2O5/c1-2-27-15(25)10-3-6-12(7-4-10)23-16(26)24-18(17(20,21)22)28-13-8-5-11(19)9-14(13)29-18/h3-9H,2H2,1H3,(H2,23,24,26)/t18-/m1/s1. The second-order valence-corrected chi connectivity index (χ2v) is 6.22. The summed E-state index contributed by atoms with van der Waals surface area (Å²) >= 11 is 5.75. The summed E-state index contributed by atoms with van der Waals surface area (Å²) in [7, 11) is 0. The van der Waals surface area contributed by atoms with Crippen LogP contribution in [-0.2, 0) is 4.74 Å². The van der Waals surface area contributed by atoms with Crippen molar-refractivity contribution in [2.24, 2.45) is 0 Å². The van der Waals surface area contributed by atoms with E-state index in [0.717, 1.165) is 6.07 Å². The Morgan fingerprint density at radius 2 is 1.76 bits per heavy atom. The summed E-state index contributed by atoms with van der Waals surface area (Å²) in [6, 6.07) is 7.78. The number of carbonyl (C=O) groups is 2. The molecule has 0 unspecified atom stereocenters. The summed E-state index contributed by atoms with van der Waals surface area (Å²) in [5, 5.41) is 4.00. The number of ether oxygens (including phenoxy) is 3. The summed E-state index contributed by atoms with van der Waals surface area (Å²) in [6.45, 7) is 1.84. The lowest BCUT2D eigenvalue weighted by Gasteiger charge is -2.29. The molecule has 2 aromatic rings. The van der Waals surface area contributed by atoms with E-state index in [9.17, 15) is 22.8 Å². The lowest BCUT2D eigenvalue weighted by atomic mass is 10.2. The van der Waals surface area contributed by atoms with E-state index >= 15 is 0 Å². The van der Waals surface area contributed by atoms with Gasteiger partial charge in [0.1, 0.15) is 0 Å². The number of benzene rings is 2. The number of hydrogen-bond acceptors (Lipinski definition) is 5. The third kappa shape index (κ3) is 4.32. The topological polar surface area (TPSA) is 85.9 Å². The van der Waals surface area contributed by atoms with Crippen LogP contribution < -0.4 is 20.1 Å². The molecule has 0 aliphatic carbocycles. The Morgan fingerprint density at radius 1 is 1.10 bits per heavy atom. The van der Waals surface area contributed by atoms with Crippen molar-refractivity contribution in [3.8, 4) is 11.5 Å². The van der Waals surface area contributed by atoms with Crippen molar-refractivity contribution in [2.45, 2.75) is 19.0 Å². The van der Waals surface area contributed by atoms with Gasteiger partial charge < -0.3 is 19.5 Å². The van der Waals surface area contributed by atoms with Gasteiger partial charge in [0.05, 0.1) is 12.2 Å². The minimum Gasteiger partial charge on any atom is -0.462 e. The van der Waals surface area contributed by atoms with Crippen LogP contribution in [0.1, 0.15) is 17.3 Å². The molecule has 1 aliphatic rings. The first-order valence-corrected chi connectivity index (χ1v) is 8.62. The highest BCUT2D eigenvalue weighted by molar-refractivity contribution is 6.30. The third-order valence-corrected chi connectivity index (χ3v) is 3.95. The van der Waals surface area contributed by atoms with Crippen molar-refractivity contribution < 1.29 is 37.0 Å². The van der Waals surface area contributed by atoms with Gasteiger partial charge in [-0.1, -0.05) is 11.6 Å². The molecule has 1 heterocycles. The molecule has 0 aromatic heterocycles. The van der Waals surface area contributed by atoms with Crippen molar-refractivity contribution in [1.82, 2.24) is 5.32 Å². The zero-order valence-corrected chi connectivity index (χ0v) is 15.6. The molecule has 29 heavy (non-hydrogen) atoms. The van der Waals surface area contributed by atoms with Crippen molar-refractivity contribution in [1.29, 1.82) is 0 Å². The van der Waals surface area contributed by atoms with Crippen LogP contribution in [0.2, 0.25) is 5.02 Å². The maximum Gasteiger partial charge on any atom is 0.492 e. The molecule has 0 saturated heterocycles. The molecule has 0 spiro atoms. The lowest BCUT2D eigenvalue weighted by Crippen LogP contribution is -2.65. The third-order valence-electron chi connectivity index (χ3n) is 3.72. The fourth-order valence-corrected chi connectivity index (χ4v) is 2.59. The number of nitrogens with one attached hydrogen (secondary N) is 2. The largest absolute Gasteiger partial charge is 0.492 e. The molecule has 0 saturated carbocycles. The Balaban J connectivity index is 1.73. The van der Waals surface area contributed by atoms with Gasteiger partial charge in [0, 0.05) is 16.8 Å². The molecule has 11 heteroatoms. The number of hydrogen-bond donors (Lipinski definition) is 2. The number of carbonyl (C=O) groups excluding carboxylic acids is 2. The highest BCUT2D eigenvalue weighted by Gasteiger charge is 2.65. The molecule has 0 bridgehead atoms. The first-order chi connectivity index (χ1) is 13.6. The molecule has 7 nitrogen and oxygen atoms in total. The maximum atomic E-state index is 13.6. The molecule has 1 atom stereocenters. The zero-order chi connectivity index (χ0) is 21.2. The van der Waals surface area contributed by atoms with Crippen LogP contribution >= 0.6 is 11.6 Å². The van der Waals surface area contributed by atoms with Crippen LogP contribution in [0.4, 0.5) is 23.7 Å².